The summed E-state index contributed by atoms with van der Waals surface area (Å²) in [5.74, 6) is 0. The molecule has 1 fully saturated rings. The van der Waals surface area contributed by atoms with Gasteiger partial charge in [-0.05, 0) is 32.5 Å². The highest BCUT2D eigenvalue weighted by Crippen LogP contribution is 2.09. The van der Waals surface area contributed by atoms with Crippen molar-refractivity contribution in [1.29, 1.82) is 0 Å². The van der Waals surface area contributed by atoms with E-state index in [4.69, 9.17) is 9.16 Å². The van der Waals surface area contributed by atoms with Crippen molar-refractivity contribution in [1.82, 2.24) is 9.80 Å². The maximum atomic E-state index is 9.77. The van der Waals surface area contributed by atoms with Crippen LogP contribution in [0.4, 0.5) is 0 Å². The Kier molecular flexibility index (Phi) is 8.13. The normalized spacial score (nSPS) is 21.5. The lowest BCUT2D eigenvalue weighted by molar-refractivity contribution is 0.105. The van der Waals surface area contributed by atoms with Gasteiger partial charge in [0.1, 0.15) is 0 Å². The minimum atomic E-state index is -2.37. The summed E-state index contributed by atoms with van der Waals surface area (Å²) in [7, 11) is 1.39. The molecule has 0 spiro atoms. The smallest absolute Gasteiger partial charge is 0.332 e. The molecular formula is C13H30N2O3Si. The molecular weight excluding hydrogens is 260 g/mol. The fourth-order valence-electron chi connectivity index (χ4n) is 2.17. The Morgan fingerprint density at radius 3 is 2.37 bits per heavy atom. The van der Waals surface area contributed by atoms with Crippen molar-refractivity contribution in [2.75, 3.05) is 60.1 Å². The van der Waals surface area contributed by atoms with E-state index in [-0.39, 0.29) is 0 Å². The largest absolute Gasteiger partial charge is 0.411 e. The Morgan fingerprint density at radius 1 is 1.11 bits per heavy atom. The van der Waals surface area contributed by atoms with Crippen molar-refractivity contribution >= 4 is 8.56 Å². The summed E-state index contributed by atoms with van der Waals surface area (Å²) in [6.45, 7) is 9.23. The van der Waals surface area contributed by atoms with Gasteiger partial charge in [0.25, 0.3) is 0 Å². The van der Waals surface area contributed by atoms with E-state index in [2.05, 4.69) is 16.8 Å². The van der Waals surface area contributed by atoms with Crippen LogP contribution < -0.4 is 0 Å². The molecule has 0 saturated carbocycles. The second kappa shape index (κ2) is 9.04. The van der Waals surface area contributed by atoms with Crippen LogP contribution in [0, 0.1) is 0 Å². The predicted molar refractivity (Wildman–Crippen MR) is 79.6 cm³/mol. The Bertz CT molecular complexity index is 234. The minimum absolute atomic E-state index is 0.731. The topological polar surface area (TPSA) is 45.2 Å². The van der Waals surface area contributed by atoms with Crippen LogP contribution >= 0.6 is 0 Å². The maximum Gasteiger partial charge on any atom is 0.332 e. The summed E-state index contributed by atoms with van der Waals surface area (Å²) < 4.78 is 10.7. The third-order valence-corrected chi connectivity index (χ3v) is 5.89. The zero-order valence-electron chi connectivity index (χ0n) is 12.7. The van der Waals surface area contributed by atoms with E-state index in [9.17, 15) is 4.80 Å². The second-order valence-corrected chi connectivity index (χ2v) is 8.85. The van der Waals surface area contributed by atoms with Gasteiger partial charge in [0.05, 0.1) is 0 Å². The molecule has 1 saturated heterocycles. The van der Waals surface area contributed by atoms with Gasteiger partial charge in [-0.15, -0.1) is 0 Å². The molecule has 1 N–H and O–H groups in total. The van der Waals surface area contributed by atoms with Crippen molar-refractivity contribution in [3.05, 3.63) is 0 Å². The molecule has 0 aromatic rings. The van der Waals surface area contributed by atoms with Gasteiger partial charge in [-0.25, -0.2) is 0 Å². The molecule has 0 aromatic heterocycles. The molecule has 1 atom stereocenters. The molecule has 0 aromatic carbocycles. The molecule has 5 nitrogen and oxygen atoms in total. The van der Waals surface area contributed by atoms with Gasteiger partial charge in [0.15, 0.2) is 0 Å². The van der Waals surface area contributed by atoms with Crippen molar-refractivity contribution in [2.24, 2.45) is 0 Å². The summed E-state index contributed by atoms with van der Waals surface area (Å²) in [5.41, 5.74) is 0. The van der Waals surface area contributed by atoms with E-state index in [0.29, 0.717) is 0 Å². The fourth-order valence-corrected chi connectivity index (χ4v) is 3.17. The van der Waals surface area contributed by atoms with E-state index >= 15 is 0 Å². The lowest BCUT2D eigenvalue weighted by Crippen LogP contribution is -2.44. The van der Waals surface area contributed by atoms with Gasteiger partial charge in [-0.2, -0.15) is 0 Å². The monoisotopic (exact) mass is 290 g/mol. The van der Waals surface area contributed by atoms with Gasteiger partial charge in [0.2, 0.25) is 0 Å². The summed E-state index contributed by atoms with van der Waals surface area (Å²) in [6.07, 6.45) is 1.99. The first kappa shape index (κ1) is 17.1. The van der Waals surface area contributed by atoms with Crippen LogP contribution in [0.25, 0.3) is 0 Å². The highest BCUT2D eigenvalue weighted by Gasteiger charge is 2.23. The van der Waals surface area contributed by atoms with Crippen molar-refractivity contribution < 1.29 is 14.0 Å². The Hall–Kier alpha value is 0.0169. The molecule has 0 amide bonds. The van der Waals surface area contributed by atoms with Crippen LogP contribution in [0.15, 0.2) is 0 Å². The number of hydrogen-bond donors (Lipinski definition) is 1. The van der Waals surface area contributed by atoms with Crippen LogP contribution in [-0.4, -0.2) is 83.3 Å². The second-order valence-electron chi connectivity index (χ2n) is 5.59. The van der Waals surface area contributed by atoms with E-state index < -0.39 is 8.56 Å². The predicted octanol–water partition coefficient (Wildman–Crippen LogP) is 0.741. The average Bonchev–Trinajstić information content (AvgIpc) is 2.40. The molecule has 1 aliphatic rings. The Balaban J connectivity index is 1.89. The van der Waals surface area contributed by atoms with Crippen molar-refractivity contribution in [2.45, 2.75) is 25.4 Å². The molecule has 1 heterocycles. The molecule has 0 radical (unpaired) electrons. The highest BCUT2D eigenvalue weighted by molar-refractivity contribution is 6.64. The van der Waals surface area contributed by atoms with Crippen molar-refractivity contribution in [3.8, 4) is 0 Å². The molecule has 1 aliphatic heterocycles. The lowest BCUT2D eigenvalue weighted by atomic mass is 10.3. The van der Waals surface area contributed by atoms with Crippen LogP contribution in [0.1, 0.15) is 12.8 Å². The SMILES string of the molecule is CO[Si](C)(O)CCCOCCCN1CCN(C)CC1. The van der Waals surface area contributed by atoms with Gasteiger partial charge in [-0.1, -0.05) is 0 Å². The van der Waals surface area contributed by atoms with Crippen LogP contribution in [0.5, 0.6) is 0 Å². The quantitative estimate of drug-likeness (QED) is 0.501. The molecule has 1 rings (SSSR count). The zero-order valence-corrected chi connectivity index (χ0v) is 13.7. The Labute approximate surface area is 118 Å². The maximum absolute atomic E-state index is 9.77. The van der Waals surface area contributed by atoms with Gasteiger partial charge < -0.3 is 23.8 Å². The summed E-state index contributed by atoms with van der Waals surface area (Å²) >= 11 is 0. The van der Waals surface area contributed by atoms with Crippen LogP contribution in [-0.2, 0) is 9.16 Å². The number of likely N-dealkylation sites (N-methyl/N-ethyl adjacent to an activating group) is 1. The number of hydrogen-bond acceptors (Lipinski definition) is 5. The van der Waals surface area contributed by atoms with E-state index in [1.165, 1.54) is 26.2 Å². The molecule has 19 heavy (non-hydrogen) atoms. The molecule has 6 heteroatoms. The number of rotatable bonds is 9. The first-order valence-corrected chi connectivity index (χ1v) is 9.86. The van der Waals surface area contributed by atoms with Crippen LogP contribution in [0.2, 0.25) is 12.6 Å². The molecule has 114 valence electrons. The van der Waals surface area contributed by atoms with Gasteiger partial charge in [-0.3, -0.25) is 0 Å². The highest BCUT2D eigenvalue weighted by atomic mass is 28.4. The van der Waals surface area contributed by atoms with E-state index in [0.717, 1.165) is 38.6 Å². The summed E-state index contributed by atoms with van der Waals surface area (Å²) in [6, 6.07) is 0.752. The molecule has 0 bridgehead atoms. The number of ether oxygens (including phenoxy) is 1. The first-order valence-electron chi connectivity index (χ1n) is 7.30. The first-order chi connectivity index (χ1) is 9.03. The molecule has 0 aliphatic carbocycles. The van der Waals surface area contributed by atoms with Gasteiger partial charge in [0, 0.05) is 53.0 Å². The van der Waals surface area contributed by atoms with E-state index in [1.54, 1.807) is 7.11 Å². The van der Waals surface area contributed by atoms with E-state index in [1.807, 2.05) is 6.55 Å². The third-order valence-electron chi connectivity index (χ3n) is 3.73. The summed E-state index contributed by atoms with van der Waals surface area (Å²) in [4.78, 5) is 14.6. The fraction of sp³-hybridized carbons (Fsp3) is 1.00. The molecule has 1 unspecified atom stereocenters. The number of piperazine rings is 1. The van der Waals surface area contributed by atoms with Gasteiger partial charge >= 0.3 is 8.56 Å². The summed E-state index contributed by atoms with van der Waals surface area (Å²) in [5, 5.41) is 0. The standard InChI is InChI=1S/C13H30N2O3Si/c1-14-7-9-15(10-8-14)6-4-11-18-12-5-13-19(3,16)17-2/h16H,4-13H2,1-3H3. The lowest BCUT2D eigenvalue weighted by Gasteiger charge is -2.32. The number of nitrogens with zero attached hydrogens (tertiary/aromatic N) is 2. The van der Waals surface area contributed by atoms with Crippen LogP contribution in [0.3, 0.4) is 0 Å². The minimum Gasteiger partial charge on any atom is -0.411 e. The average molecular weight is 290 g/mol. The third kappa shape index (κ3) is 8.01. The zero-order chi connectivity index (χ0) is 14.1. The Morgan fingerprint density at radius 2 is 1.74 bits per heavy atom. The van der Waals surface area contributed by atoms with Crippen molar-refractivity contribution in [3.63, 3.8) is 0 Å².